The van der Waals surface area contributed by atoms with Crippen LogP contribution < -0.4 is 9.47 Å². The molecule has 0 spiro atoms. The minimum atomic E-state index is -2.93. The zero-order valence-corrected chi connectivity index (χ0v) is 14.3. The second kappa shape index (κ2) is 7.27. The summed E-state index contributed by atoms with van der Waals surface area (Å²) in [6.07, 6.45) is 1.38. The van der Waals surface area contributed by atoms with Crippen LogP contribution in [-0.4, -0.2) is 29.5 Å². The zero-order chi connectivity index (χ0) is 17.7. The molecule has 1 amide bonds. The van der Waals surface area contributed by atoms with Gasteiger partial charge >= 0.3 is 5.97 Å². The number of nitrogens with zero attached hydrogens (tertiary/aromatic N) is 1. The molecular formula is C17H17NO5S. The first-order valence-corrected chi connectivity index (χ1v) is 8.94. The van der Waals surface area contributed by atoms with Gasteiger partial charge in [0, 0.05) is 18.1 Å². The summed E-state index contributed by atoms with van der Waals surface area (Å²) in [5.41, 5.74) is 0.00931. The number of methoxy groups -OCH3 is 1. The molecule has 0 saturated heterocycles. The molecule has 2 rings (SSSR count). The first kappa shape index (κ1) is 17.7. The number of hydrogen-bond acceptors (Lipinski definition) is 5. The van der Waals surface area contributed by atoms with E-state index in [9.17, 15) is 13.8 Å². The first-order valence-electron chi connectivity index (χ1n) is 7.01. The average Bonchev–Trinajstić information content (AvgIpc) is 2.55. The van der Waals surface area contributed by atoms with E-state index in [0.717, 1.165) is 0 Å². The molecule has 0 radical (unpaired) electrons. The molecule has 1 atom stereocenters. The van der Waals surface area contributed by atoms with Gasteiger partial charge in [-0.3, -0.25) is 9.59 Å². The molecule has 0 aliphatic heterocycles. The molecule has 6 nitrogen and oxygen atoms in total. The second-order valence-electron chi connectivity index (χ2n) is 4.97. The molecule has 0 aromatic heterocycles. The molecule has 0 aliphatic carbocycles. The molecule has 7 heteroatoms. The highest BCUT2D eigenvalue weighted by Gasteiger charge is 2.18. The Bertz CT molecular complexity index is 883. The first-order chi connectivity index (χ1) is 11.3. The summed E-state index contributed by atoms with van der Waals surface area (Å²) in [5, 5.41) is 0. The van der Waals surface area contributed by atoms with Crippen molar-refractivity contribution in [1.82, 2.24) is 0 Å². The van der Waals surface area contributed by atoms with Crippen molar-refractivity contribution >= 4 is 21.6 Å². The van der Waals surface area contributed by atoms with Crippen LogP contribution in [0.2, 0.25) is 0 Å². The highest BCUT2D eigenvalue weighted by Crippen LogP contribution is 2.26. The fourth-order valence-electron chi connectivity index (χ4n) is 1.98. The van der Waals surface area contributed by atoms with Crippen LogP contribution in [0.1, 0.15) is 17.3 Å². The lowest BCUT2D eigenvalue weighted by molar-refractivity contribution is -0.131. The molecule has 0 bridgehead atoms. The highest BCUT2D eigenvalue weighted by molar-refractivity contribution is 7.93. The van der Waals surface area contributed by atoms with Crippen molar-refractivity contribution in [3.05, 3.63) is 54.1 Å². The highest BCUT2D eigenvalue weighted by atomic mass is 32.2. The molecule has 0 heterocycles. The van der Waals surface area contributed by atoms with Gasteiger partial charge in [0.05, 0.1) is 22.4 Å². The van der Waals surface area contributed by atoms with Gasteiger partial charge in [0.2, 0.25) is 0 Å². The molecule has 2 aromatic rings. The van der Waals surface area contributed by atoms with E-state index in [1.54, 1.807) is 36.4 Å². The minimum Gasteiger partial charge on any atom is -0.497 e. The SMILES string of the molecule is COc1ccc(OC(C)=O)c(C(=O)N=S(C)(=O)c2ccccc2)c1. The molecule has 0 N–H and O–H groups in total. The third-order valence-electron chi connectivity index (χ3n) is 3.11. The number of benzene rings is 2. The van der Waals surface area contributed by atoms with Crippen LogP contribution in [0.25, 0.3) is 0 Å². The van der Waals surface area contributed by atoms with E-state index in [4.69, 9.17) is 9.47 Å². The normalized spacial score (nSPS) is 12.8. The molecule has 0 aliphatic rings. The molecule has 0 saturated carbocycles. The third-order valence-corrected chi connectivity index (χ3v) is 4.77. The van der Waals surface area contributed by atoms with Crippen molar-refractivity contribution in [2.45, 2.75) is 11.8 Å². The maximum absolute atomic E-state index is 12.7. The Labute approximate surface area is 140 Å². The van der Waals surface area contributed by atoms with Gasteiger partial charge in [-0.25, -0.2) is 4.21 Å². The maximum atomic E-state index is 12.7. The third kappa shape index (κ3) is 4.20. The summed E-state index contributed by atoms with van der Waals surface area (Å²) < 4.78 is 26.7. The quantitative estimate of drug-likeness (QED) is 0.627. The number of rotatable bonds is 4. The zero-order valence-electron chi connectivity index (χ0n) is 13.5. The molecule has 1 unspecified atom stereocenters. The Morgan fingerprint density at radius 1 is 1.08 bits per heavy atom. The number of amides is 1. The van der Waals surface area contributed by atoms with E-state index < -0.39 is 21.6 Å². The largest absolute Gasteiger partial charge is 0.497 e. The Morgan fingerprint density at radius 3 is 2.33 bits per heavy atom. The smallest absolute Gasteiger partial charge is 0.308 e. The van der Waals surface area contributed by atoms with Crippen molar-refractivity contribution < 1.29 is 23.3 Å². The summed E-state index contributed by atoms with van der Waals surface area (Å²) in [6, 6.07) is 12.9. The lowest BCUT2D eigenvalue weighted by Gasteiger charge is -2.09. The van der Waals surface area contributed by atoms with Gasteiger partial charge in [0.25, 0.3) is 5.91 Å². The van der Waals surface area contributed by atoms with E-state index in [0.29, 0.717) is 10.6 Å². The van der Waals surface area contributed by atoms with Crippen LogP contribution >= 0.6 is 0 Å². The fraction of sp³-hybridized carbons (Fsp3) is 0.176. The maximum Gasteiger partial charge on any atom is 0.308 e. The van der Waals surface area contributed by atoms with Gasteiger partial charge in [0.1, 0.15) is 11.5 Å². The van der Waals surface area contributed by atoms with Crippen molar-refractivity contribution in [1.29, 1.82) is 0 Å². The van der Waals surface area contributed by atoms with Crippen molar-refractivity contribution in [3.8, 4) is 11.5 Å². The van der Waals surface area contributed by atoms with E-state index in [1.165, 1.54) is 32.4 Å². The summed E-state index contributed by atoms with van der Waals surface area (Å²) in [4.78, 5) is 24.1. The van der Waals surface area contributed by atoms with Crippen molar-refractivity contribution in [2.75, 3.05) is 13.4 Å². The number of ether oxygens (including phenoxy) is 2. The average molecular weight is 347 g/mol. The van der Waals surface area contributed by atoms with E-state index in [-0.39, 0.29) is 11.3 Å². The van der Waals surface area contributed by atoms with Crippen LogP contribution in [0.15, 0.2) is 57.8 Å². The molecular weight excluding hydrogens is 330 g/mol. The van der Waals surface area contributed by atoms with Gasteiger partial charge in [-0.2, -0.15) is 4.36 Å². The second-order valence-corrected chi connectivity index (χ2v) is 7.23. The topological polar surface area (TPSA) is 82.0 Å². The molecule has 0 fully saturated rings. The molecule has 2 aromatic carbocycles. The van der Waals surface area contributed by atoms with Gasteiger partial charge in [-0.1, -0.05) is 18.2 Å². The standard InChI is InChI=1S/C17H17NO5S/c1-12(19)23-16-10-9-13(22-2)11-15(16)17(20)18-24(3,21)14-7-5-4-6-8-14/h4-11H,1-3H3. The summed E-state index contributed by atoms with van der Waals surface area (Å²) >= 11 is 0. The summed E-state index contributed by atoms with van der Waals surface area (Å²) in [7, 11) is -1.48. The van der Waals surface area contributed by atoms with Gasteiger partial charge in [-0.05, 0) is 30.3 Å². The Hall–Kier alpha value is -2.67. The van der Waals surface area contributed by atoms with Gasteiger partial charge < -0.3 is 9.47 Å². The number of esters is 1. The van der Waals surface area contributed by atoms with Crippen LogP contribution in [0.3, 0.4) is 0 Å². The Kier molecular flexibility index (Phi) is 5.35. The number of hydrogen-bond donors (Lipinski definition) is 0. The Morgan fingerprint density at radius 2 is 1.75 bits per heavy atom. The number of carbonyl (C=O) groups excluding carboxylic acids is 2. The van der Waals surface area contributed by atoms with E-state index in [1.807, 2.05) is 0 Å². The van der Waals surface area contributed by atoms with E-state index in [2.05, 4.69) is 4.36 Å². The predicted molar refractivity (Wildman–Crippen MR) is 89.8 cm³/mol. The predicted octanol–water partition coefficient (Wildman–Crippen LogP) is 2.92. The van der Waals surface area contributed by atoms with Gasteiger partial charge in [-0.15, -0.1) is 0 Å². The summed E-state index contributed by atoms with van der Waals surface area (Å²) in [6.45, 7) is 1.22. The number of carbonyl (C=O) groups is 2. The van der Waals surface area contributed by atoms with Crippen LogP contribution in [0.4, 0.5) is 0 Å². The molecule has 24 heavy (non-hydrogen) atoms. The van der Waals surface area contributed by atoms with Crippen LogP contribution in [0.5, 0.6) is 11.5 Å². The molecule has 126 valence electrons. The fourth-order valence-corrected chi connectivity index (χ4v) is 3.16. The van der Waals surface area contributed by atoms with Crippen molar-refractivity contribution in [3.63, 3.8) is 0 Å². The van der Waals surface area contributed by atoms with Crippen LogP contribution in [0, 0.1) is 0 Å². The Balaban J connectivity index is 2.50. The van der Waals surface area contributed by atoms with Crippen LogP contribution in [-0.2, 0) is 14.5 Å². The lowest BCUT2D eigenvalue weighted by atomic mass is 10.2. The summed E-state index contributed by atoms with van der Waals surface area (Å²) in [5.74, 6) is -0.886. The van der Waals surface area contributed by atoms with Crippen molar-refractivity contribution in [2.24, 2.45) is 4.36 Å². The monoisotopic (exact) mass is 347 g/mol. The van der Waals surface area contributed by atoms with E-state index >= 15 is 0 Å². The minimum absolute atomic E-state index is 0.00931. The van der Waals surface area contributed by atoms with Gasteiger partial charge in [0.15, 0.2) is 0 Å². The lowest BCUT2D eigenvalue weighted by Crippen LogP contribution is -2.09.